The minimum atomic E-state index is -4.65. The maximum Gasteiger partial charge on any atom is 0.416 e. The summed E-state index contributed by atoms with van der Waals surface area (Å²) in [6.45, 7) is 0. The van der Waals surface area contributed by atoms with Crippen molar-refractivity contribution in [3.63, 3.8) is 0 Å². The molecule has 6 aromatic heterocycles. The molecule has 6 heterocycles. The Morgan fingerprint density at radius 3 is 1.10 bits per heavy atom. The van der Waals surface area contributed by atoms with Crippen LogP contribution in [0.4, 0.5) is 13.2 Å². The summed E-state index contributed by atoms with van der Waals surface area (Å²) in [5, 5.41) is 14.8. The normalized spacial score (nSPS) is 11.7. The van der Waals surface area contributed by atoms with Gasteiger partial charge in [-0.05, 0) is 78.4 Å². The van der Waals surface area contributed by atoms with Gasteiger partial charge in [-0.3, -0.25) is 0 Å². The number of hydrogen-bond acceptors (Lipinski definition) is 9. The van der Waals surface area contributed by atoms with E-state index < -0.39 is 11.7 Å². The molecule has 0 N–H and O–H groups in total. The van der Waals surface area contributed by atoms with Gasteiger partial charge in [0.2, 0.25) is 0 Å². The Kier molecular flexibility index (Phi) is 9.36. The minimum Gasteiger partial charge on any atom is -0.309 e. The number of halogens is 3. The molecule has 68 heavy (non-hydrogen) atoms. The van der Waals surface area contributed by atoms with Gasteiger partial charge in [0.1, 0.15) is 6.07 Å². The molecule has 12 aromatic rings. The second kappa shape index (κ2) is 15.9. The maximum absolute atomic E-state index is 14.7. The third-order valence-corrected chi connectivity index (χ3v) is 12.0. The fourth-order valence-corrected chi connectivity index (χ4v) is 9.04. The van der Waals surface area contributed by atoms with Crippen molar-refractivity contribution in [3.05, 3.63) is 194 Å². The lowest BCUT2D eigenvalue weighted by Gasteiger charge is -2.20. The Morgan fingerprint density at radius 2 is 0.750 bits per heavy atom. The van der Waals surface area contributed by atoms with Crippen LogP contribution in [0.3, 0.4) is 0 Å². The molecular formula is C54H30F3N11. The summed E-state index contributed by atoms with van der Waals surface area (Å²) in [5.74, 6) is 1.97. The van der Waals surface area contributed by atoms with Crippen LogP contribution in [0.15, 0.2) is 183 Å². The predicted octanol–water partition coefficient (Wildman–Crippen LogP) is 12.3. The second-order valence-electron chi connectivity index (χ2n) is 16.0. The molecule has 6 aromatic carbocycles. The highest BCUT2D eigenvalue weighted by atomic mass is 19.4. The van der Waals surface area contributed by atoms with Gasteiger partial charge in [-0.2, -0.15) is 18.4 Å². The summed E-state index contributed by atoms with van der Waals surface area (Å²) in [6, 6.07) is 41.9. The first-order valence-corrected chi connectivity index (χ1v) is 21.3. The molecular weight excluding hydrogens is 860 g/mol. The number of alkyl halides is 3. The Balaban J connectivity index is 1.21. The lowest BCUT2D eigenvalue weighted by Crippen LogP contribution is -2.06. The van der Waals surface area contributed by atoms with Crippen LogP contribution >= 0.6 is 0 Å². The Labute approximate surface area is 384 Å². The molecule has 11 nitrogen and oxygen atoms in total. The number of nitriles is 1. The Hall–Kier alpha value is -9.48. The fourth-order valence-electron chi connectivity index (χ4n) is 9.04. The highest BCUT2D eigenvalue weighted by Crippen LogP contribution is 2.44. The Morgan fingerprint density at radius 1 is 0.382 bits per heavy atom. The summed E-state index contributed by atoms with van der Waals surface area (Å²) in [7, 11) is 0. The molecule has 0 bridgehead atoms. The first kappa shape index (κ1) is 40.1. The highest BCUT2D eigenvalue weighted by molar-refractivity contribution is 6.13. The smallest absolute Gasteiger partial charge is 0.309 e. The fraction of sp³-hybridized carbons (Fsp3) is 0.0185. The Bertz CT molecular complexity index is 3770. The van der Waals surface area contributed by atoms with Crippen molar-refractivity contribution < 1.29 is 13.2 Å². The van der Waals surface area contributed by atoms with Crippen molar-refractivity contribution in [2.45, 2.75) is 6.18 Å². The van der Waals surface area contributed by atoms with Crippen LogP contribution in [0.25, 0.3) is 112 Å². The average molecular weight is 890 g/mol. The van der Waals surface area contributed by atoms with Crippen LogP contribution in [0.1, 0.15) is 11.1 Å². The van der Waals surface area contributed by atoms with E-state index in [4.69, 9.17) is 0 Å². The molecule has 12 rings (SSSR count). The quantitative estimate of drug-likeness (QED) is 0.153. The molecule has 0 spiro atoms. The number of nitrogens with zero attached hydrogens (tertiary/aromatic N) is 11. The van der Waals surface area contributed by atoms with E-state index in [1.165, 1.54) is 6.07 Å². The lowest BCUT2D eigenvalue weighted by molar-refractivity contribution is -0.137. The molecule has 0 unspecified atom stereocenters. The zero-order valence-corrected chi connectivity index (χ0v) is 35.4. The van der Waals surface area contributed by atoms with Crippen molar-refractivity contribution in [2.75, 3.05) is 0 Å². The number of aromatic nitrogens is 10. The van der Waals surface area contributed by atoms with Crippen LogP contribution in [0.2, 0.25) is 0 Å². The lowest BCUT2D eigenvalue weighted by atomic mass is 9.97. The van der Waals surface area contributed by atoms with Crippen LogP contribution < -0.4 is 0 Å². The molecule has 0 fully saturated rings. The van der Waals surface area contributed by atoms with Crippen molar-refractivity contribution in [1.29, 1.82) is 5.26 Å². The van der Waals surface area contributed by atoms with Gasteiger partial charge in [0.05, 0.1) is 44.6 Å². The summed E-state index contributed by atoms with van der Waals surface area (Å²) in [4.78, 5) is 36.2. The molecule has 0 amide bonds. The SMILES string of the molecule is N#Cc1cc(-n2c3cc(-c4ncccn4)ccc3c3ccc(-c4ncccn4)cc32)c(-c2cccc(C(F)(F)F)c2)cc1-n1c2cc(-c3ncccn3)ccc2c2ccc(-c3ncccn3)cc21. The van der Waals surface area contributed by atoms with E-state index in [9.17, 15) is 18.4 Å². The highest BCUT2D eigenvalue weighted by Gasteiger charge is 2.31. The molecule has 0 aliphatic heterocycles. The summed E-state index contributed by atoms with van der Waals surface area (Å²) >= 11 is 0. The molecule has 0 aliphatic rings. The van der Waals surface area contributed by atoms with Gasteiger partial charge in [-0.25, -0.2) is 39.9 Å². The maximum atomic E-state index is 14.7. The van der Waals surface area contributed by atoms with Crippen molar-refractivity contribution in [2.24, 2.45) is 0 Å². The van der Waals surface area contributed by atoms with Gasteiger partial charge in [-0.15, -0.1) is 0 Å². The summed E-state index contributed by atoms with van der Waals surface area (Å²) in [5.41, 5.74) is 6.74. The zero-order valence-electron chi connectivity index (χ0n) is 35.4. The molecule has 0 saturated carbocycles. The first-order valence-electron chi connectivity index (χ1n) is 21.3. The third kappa shape index (κ3) is 6.76. The average Bonchev–Trinajstić information content (AvgIpc) is 3.90. The van der Waals surface area contributed by atoms with Gasteiger partial charge in [0.15, 0.2) is 23.3 Å². The monoisotopic (exact) mass is 889 g/mol. The van der Waals surface area contributed by atoms with Gasteiger partial charge in [-0.1, -0.05) is 60.7 Å². The third-order valence-electron chi connectivity index (χ3n) is 12.0. The van der Waals surface area contributed by atoms with Crippen LogP contribution in [0, 0.1) is 11.3 Å². The van der Waals surface area contributed by atoms with E-state index in [0.29, 0.717) is 73.4 Å². The topological polar surface area (TPSA) is 137 Å². The number of rotatable bonds is 7. The van der Waals surface area contributed by atoms with Gasteiger partial charge < -0.3 is 9.13 Å². The number of benzene rings is 6. The van der Waals surface area contributed by atoms with E-state index in [-0.39, 0.29) is 11.1 Å². The van der Waals surface area contributed by atoms with Crippen LogP contribution in [-0.2, 0) is 6.18 Å². The minimum absolute atomic E-state index is 0.248. The van der Waals surface area contributed by atoms with Gasteiger partial charge in [0, 0.05) is 98.9 Å². The van der Waals surface area contributed by atoms with Gasteiger partial charge >= 0.3 is 6.18 Å². The number of hydrogen-bond donors (Lipinski definition) is 0. The summed E-state index contributed by atoms with van der Waals surface area (Å²) in [6.07, 6.45) is 8.69. The first-order chi connectivity index (χ1) is 33.3. The molecule has 0 saturated heterocycles. The second-order valence-corrected chi connectivity index (χ2v) is 16.0. The van der Waals surface area contributed by atoms with E-state index in [1.54, 1.807) is 86.0 Å². The summed E-state index contributed by atoms with van der Waals surface area (Å²) < 4.78 is 48.1. The molecule has 322 valence electrons. The van der Waals surface area contributed by atoms with Crippen molar-refractivity contribution >= 4 is 43.6 Å². The van der Waals surface area contributed by atoms with Crippen molar-refractivity contribution in [1.82, 2.24) is 49.0 Å². The molecule has 14 heteroatoms. The number of fused-ring (bicyclic) bond motifs is 6. The standard InChI is InChI=1S/C54H30F3N11/c55-54(56,57)38-7-1-6-32(24-38)43-30-44(67-45-25-33(50-59-16-2-17-60-50)8-12-39(45)40-13-9-34(26-46(40)67)51-61-18-3-19-62-51)37(31-58)29-49(43)68-47-27-35(52-63-20-4-21-64-52)10-14-41(47)42-15-11-36(28-48(42)68)53-65-22-5-23-66-53/h1-30H. The molecule has 0 radical (unpaired) electrons. The van der Waals surface area contributed by atoms with Crippen LogP contribution in [0.5, 0.6) is 0 Å². The van der Waals surface area contributed by atoms with Gasteiger partial charge in [0.25, 0.3) is 0 Å². The van der Waals surface area contributed by atoms with E-state index >= 15 is 0 Å². The van der Waals surface area contributed by atoms with E-state index in [1.807, 2.05) is 88.0 Å². The van der Waals surface area contributed by atoms with Crippen molar-refractivity contribution in [3.8, 4) is 74.1 Å². The van der Waals surface area contributed by atoms with E-state index in [0.717, 1.165) is 44.8 Å². The zero-order chi connectivity index (χ0) is 45.9. The molecule has 0 aliphatic carbocycles. The largest absolute Gasteiger partial charge is 0.416 e. The molecule has 0 atom stereocenters. The van der Waals surface area contributed by atoms with Crippen LogP contribution in [-0.4, -0.2) is 49.0 Å². The van der Waals surface area contributed by atoms with E-state index in [2.05, 4.69) is 45.9 Å². The predicted molar refractivity (Wildman–Crippen MR) is 254 cm³/mol.